The van der Waals surface area contributed by atoms with Crippen LogP contribution in [0.1, 0.15) is 34.1 Å². The van der Waals surface area contributed by atoms with Gasteiger partial charge in [-0.05, 0) is 27.2 Å². The van der Waals surface area contributed by atoms with Crippen LogP contribution in [-0.2, 0) is 4.89 Å². The molecule has 8 heteroatoms. The molecule has 18 heavy (non-hydrogen) atoms. The fourth-order valence-corrected chi connectivity index (χ4v) is 1.73. The van der Waals surface area contributed by atoms with E-state index in [2.05, 4.69) is 4.89 Å². The van der Waals surface area contributed by atoms with Gasteiger partial charge in [-0.25, -0.2) is 4.89 Å². The summed E-state index contributed by atoms with van der Waals surface area (Å²) in [5.74, 6) is 0. The third-order valence-corrected chi connectivity index (χ3v) is 3.45. The van der Waals surface area contributed by atoms with Crippen molar-refractivity contribution in [3.8, 4) is 0 Å². The lowest BCUT2D eigenvalue weighted by molar-refractivity contribution is -0.396. The summed E-state index contributed by atoms with van der Waals surface area (Å²) in [6.45, 7) is 2.81. The van der Waals surface area contributed by atoms with Crippen LogP contribution in [0.25, 0.3) is 0 Å². The zero-order valence-electron chi connectivity index (χ0n) is 10.4. The van der Waals surface area contributed by atoms with Gasteiger partial charge in [0.2, 0.25) is 0 Å². The molecule has 2 atom stereocenters. The van der Waals surface area contributed by atoms with E-state index in [0.717, 1.165) is 6.92 Å². The van der Waals surface area contributed by atoms with Crippen molar-refractivity contribution in [3.63, 3.8) is 0 Å². The summed E-state index contributed by atoms with van der Waals surface area (Å²) in [6.07, 6.45) is -13.0. The Bertz CT molecular complexity index is 283. The quantitative estimate of drug-likeness (QED) is 0.470. The number of hydrogen-bond acceptors (Lipinski definition) is 2. The maximum absolute atomic E-state index is 12.9. The second-order valence-electron chi connectivity index (χ2n) is 4.97. The second kappa shape index (κ2) is 4.88. The van der Waals surface area contributed by atoms with Crippen molar-refractivity contribution in [2.24, 2.45) is 10.8 Å². The summed E-state index contributed by atoms with van der Waals surface area (Å²) in [4.78, 5) is 3.58. The molecule has 0 heterocycles. The molecular formula is C10H16F6O2. The van der Waals surface area contributed by atoms with E-state index in [1.807, 2.05) is 0 Å². The van der Waals surface area contributed by atoms with Crippen molar-refractivity contribution in [2.45, 2.75) is 52.6 Å². The van der Waals surface area contributed by atoms with Crippen molar-refractivity contribution in [1.29, 1.82) is 0 Å². The highest BCUT2D eigenvalue weighted by molar-refractivity contribution is 4.99. The van der Waals surface area contributed by atoms with E-state index in [1.54, 1.807) is 0 Å². The highest BCUT2D eigenvalue weighted by Crippen LogP contribution is 2.54. The Morgan fingerprint density at radius 1 is 0.944 bits per heavy atom. The summed E-state index contributed by atoms with van der Waals surface area (Å²) in [5.41, 5.74) is -5.65. The molecule has 0 saturated heterocycles. The summed E-state index contributed by atoms with van der Waals surface area (Å²) in [5, 5.41) is 8.56. The molecule has 0 radical (unpaired) electrons. The van der Waals surface area contributed by atoms with E-state index in [0.29, 0.717) is 20.8 Å². The number of hydrogen-bond donors (Lipinski definition) is 1. The minimum Gasteiger partial charge on any atom is -0.251 e. The zero-order chi connectivity index (χ0) is 15.0. The van der Waals surface area contributed by atoms with Gasteiger partial charge in [-0.1, -0.05) is 6.92 Å². The minimum atomic E-state index is -4.94. The van der Waals surface area contributed by atoms with Gasteiger partial charge >= 0.3 is 12.4 Å². The van der Waals surface area contributed by atoms with Gasteiger partial charge in [-0.2, -0.15) is 26.3 Å². The van der Waals surface area contributed by atoms with Gasteiger partial charge < -0.3 is 0 Å². The van der Waals surface area contributed by atoms with Gasteiger partial charge in [0.1, 0.15) is 6.10 Å². The molecule has 0 amide bonds. The molecule has 0 spiro atoms. The van der Waals surface area contributed by atoms with Gasteiger partial charge in [0.15, 0.2) is 0 Å². The highest BCUT2D eigenvalue weighted by atomic mass is 19.4. The van der Waals surface area contributed by atoms with Crippen molar-refractivity contribution in [3.05, 3.63) is 0 Å². The summed E-state index contributed by atoms with van der Waals surface area (Å²) >= 11 is 0. The lowest BCUT2D eigenvalue weighted by Crippen LogP contribution is -2.57. The Kier molecular flexibility index (Phi) is 4.74. The van der Waals surface area contributed by atoms with Gasteiger partial charge in [-0.15, -0.1) is 0 Å². The Morgan fingerprint density at radius 3 is 1.50 bits per heavy atom. The Hall–Kier alpha value is -0.500. The lowest BCUT2D eigenvalue weighted by atomic mass is 9.68. The third kappa shape index (κ3) is 2.74. The smallest absolute Gasteiger partial charge is 0.251 e. The van der Waals surface area contributed by atoms with Crippen molar-refractivity contribution in [1.82, 2.24) is 0 Å². The molecule has 1 N–H and O–H groups in total. The highest BCUT2D eigenvalue weighted by Gasteiger charge is 2.66. The summed E-state index contributed by atoms with van der Waals surface area (Å²) < 4.78 is 77.0. The summed E-state index contributed by atoms with van der Waals surface area (Å²) in [7, 11) is 0. The van der Waals surface area contributed by atoms with Crippen LogP contribution in [0.4, 0.5) is 26.3 Å². The predicted molar refractivity (Wildman–Crippen MR) is 51.8 cm³/mol. The third-order valence-electron chi connectivity index (χ3n) is 3.45. The van der Waals surface area contributed by atoms with E-state index in [4.69, 9.17) is 5.26 Å². The molecular weight excluding hydrogens is 266 g/mol. The van der Waals surface area contributed by atoms with Crippen LogP contribution in [0.15, 0.2) is 0 Å². The molecule has 0 aliphatic carbocycles. The zero-order valence-corrected chi connectivity index (χ0v) is 10.4. The van der Waals surface area contributed by atoms with Gasteiger partial charge in [0.25, 0.3) is 0 Å². The lowest BCUT2D eigenvalue weighted by Gasteiger charge is -2.44. The molecule has 2 nitrogen and oxygen atoms in total. The average molecular weight is 282 g/mol. The first-order chi connectivity index (χ1) is 7.75. The standard InChI is InChI=1S/C10H16F6O2/c1-5-8(4,10(14,15)16)6(18-17)7(2,3)9(11,12)13/h6,17H,5H2,1-4H3. The maximum atomic E-state index is 12.9. The number of halogens is 6. The van der Waals surface area contributed by atoms with Crippen LogP contribution in [0.5, 0.6) is 0 Å². The SMILES string of the molecule is CCC(C)(C(OO)C(C)(C)C(F)(F)F)C(F)(F)F. The topological polar surface area (TPSA) is 29.5 Å². The number of rotatable bonds is 4. The fraction of sp³-hybridized carbons (Fsp3) is 1.00. The second-order valence-corrected chi connectivity index (χ2v) is 4.97. The molecule has 0 aliphatic heterocycles. The van der Waals surface area contributed by atoms with Gasteiger partial charge in [-0.3, -0.25) is 5.26 Å². The van der Waals surface area contributed by atoms with Gasteiger partial charge in [0.05, 0.1) is 10.8 Å². The van der Waals surface area contributed by atoms with Crippen molar-refractivity contribution < 1.29 is 36.5 Å². The van der Waals surface area contributed by atoms with Crippen LogP contribution < -0.4 is 0 Å². The van der Waals surface area contributed by atoms with Crippen LogP contribution >= 0.6 is 0 Å². The monoisotopic (exact) mass is 282 g/mol. The molecule has 0 saturated carbocycles. The number of alkyl halides is 6. The Balaban J connectivity index is 5.71. The molecule has 0 aromatic rings. The minimum absolute atomic E-state index is 0.563. The van der Waals surface area contributed by atoms with Crippen LogP contribution in [0, 0.1) is 10.8 Å². The Labute approximate surface area is 101 Å². The van der Waals surface area contributed by atoms with E-state index >= 15 is 0 Å². The summed E-state index contributed by atoms with van der Waals surface area (Å²) in [6, 6.07) is 0. The first-order valence-corrected chi connectivity index (χ1v) is 5.19. The molecule has 0 aliphatic rings. The van der Waals surface area contributed by atoms with E-state index in [-0.39, 0.29) is 0 Å². The Morgan fingerprint density at radius 2 is 1.33 bits per heavy atom. The van der Waals surface area contributed by atoms with Crippen LogP contribution in [0.2, 0.25) is 0 Å². The molecule has 2 unspecified atom stereocenters. The van der Waals surface area contributed by atoms with E-state index in [9.17, 15) is 26.3 Å². The normalized spacial score (nSPS) is 19.5. The predicted octanol–water partition coefficient (Wildman–Crippen LogP) is 4.41. The fourth-order valence-electron chi connectivity index (χ4n) is 1.73. The molecule has 0 rings (SSSR count). The van der Waals surface area contributed by atoms with Crippen molar-refractivity contribution >= 4 is 0 Å². The van der Waals surface area contributed by atoms with Crippen LogP contribution in [0.3, 0.4) is 0 Å². The maximum Gasteiger partial charge on any atom is 0.396 e. The van der Waals surface area contributed by atoms with Crippen LogP contribution in [-0.4, -0.2) is 23.7 Å². The molecule has 110 valence electrons. The molecule has 0 bridgehead atoms. The molecule has 0 aromatic heterocycles. The van der Waals surface area contributed by atoms with Crippen molar-refractivity contribution in [2.75, 3.05) is 0 Å². The first kappa shape index (κ1) is 17.5. The first-order valence-electron chi connectivity index (χ1n) is 5.19. The largest absolute Gasteiger partial charge is 0.396 e. The molecule has 0 fully saturated rings. The average Bonchev–Trinajstić information content (AvgIpc) is 2.14. The molecule has 0 aromatic carbocycles. The van der Waals surface area contributed by atoms with E-state index in [1.165, 1.54) is 0 Å². The van der Waals surface area contributed by atoms with E-state index < -0.39 is 35.7 Å². The van der Waals surface area contributed by atoms with Gasteiger partial charge in [0, 0.05) is 0 Å².